The maximum absolute atomic E-state index is 11.8. The summed E-state index contributed by atoms with van der Waals surface area (Å²) in [4.78, 5) is 47.1. The molecule has 0 unspecified atom stereocenters. The van der Waals surface area contributed by atoms with Gasteiger partial charge in [0, 0.05) is 43.5 Å². The fourth-order valence-electron chi connectivity index (χ4n) is 3.43. The molecular formula is C25H45KN2O9S3. The van der Waals surface area contributed by atoms with E-state index in [4.69, 9.17) is 13.7 Å². The van der Waals surface area contributed by atoms with E-state index in [2.05, 4.69) is 12.6 Å². The van der Waals surface area contributed by atoms with E-state index in [1.165, 1.54) is 18.7 Å². The Hall–Kier alpha value is -0.00364. The summed E-state index contributed by atoms with van der Waals surface area (Å²) >= 11 is 5.37. The van der Waals surface area contributed by atoms with Crippen LogP contribution in [0, 0.1) is 0 Å². The molecule has 2 aliphatic rings. The second-order valence-corrected chi connectivity index (χ2v) is 14.9. The van der Waals surface area contributed by atoms with Crippen molar-refractivity contribution in [2.75, 3.05) is 32.4 Å². The number of carbonyl (C=O) groups excluding carboxylic acids is 4. The molecule has 0 aromatic rings. The molecular weight excluding hydrogens is 608 g/mol. The third kappa shape index (κ3) is 23.5. The maximum Gasteiger partial charge on any atom is 1.00 e. The van der Waals surface area contributed by atoms with Crippen molar-refractivity contribution in [3.05, 3.63) is 0 Å². The molecule has 0 aromatic heterocycles. The van der Waals surface area contributed by atoms with E-state index in [-0.39, 0.29) is 79.9 Å². The van der Waals surface area contributed by atoms with Crippen molar-refractivity contribution in [2.45, 2.75) is 104 Å². The van der Waals surface area contributed by atoms with Gasteiger partial charge < -0.3 is 36.7 Å². The zero-order valence-corrected chi connectivity index (χ0v) is 31.2. The van der Waals surface area contributed by atoms with Crippen molar-refractivity contribution < 1.29 is 92.6 Å². The van der Waals surface area contributed by atoms with Gasteiger partial charge in [0.25, 0.3) is 10.1 Å². The minimum absolute atomic E-state index is 0. The van der Waals surface area contributed by atoms with Gasteiger partial charge in [0.05, 0.1) is 12.4 Å². The molecule has 0 spiro atoms. The van der Waals surface area contributed by atoms with Gasteiger partial charge in [-0.3, -0.25) is 8.98 Å². The van der Waals surface area contributed by atoms with Gasteiger partial charge in [0.2, 0.25) is 0 Å². The number of nitrogens with zero attached hydrogens (tertiary/aromatic N) is 2. The van der Waals surface area contributed by atoms with Gasteiger partial charge in [0.15, 0.2) is 5.12 Å². The average Bonchev–Trinajstić information content (AvgIpc) is 2.71. The molecule has 2 aliphatic heterocycles. The fourth-order valence-corrected chi connectivity index (χ4v) is 5.03. The van der Waals surface area contributed by atoms with Crippen LogP contribution in [0.15, 0.2) is 0 Å². The van der Waals surface area contributed by atoms with E-state index in [0.717, 1.165) is 19.1 Å². The summed E-state index contributed by atoms with van der Waals surface area (Å²) in [5, 5.41) is 0.256. The Balaban J connectivity index is 0. The molecule has 0 atom stereocenters. The molecule has 0 aromatic carbocycles. The Labute approximate surface area is 292 Å². The molecule has 2 amide bonds. The second-order valence-electron chi connectivity index (χ2n) is 11.2. The molecule has 15 heteroatoms. The summed E-state index contributed by atoms with van der Waals surface area (Å²) in [6.45, 7) is 16.2. The van der Waals surface area contributed by atoms with E-state index in [1.54, 1.807) is 16.7 Å². The molecule has 0 saturated carbocycles. The zero-order chi connectivity index (χ0) is 30.6. The SMILES string of the molecule is CC(=O)SC1CCN(C(=O)OC(C)(C)C)CC1.CC(=O)[S-].CC(C)(C)OC(=O)N1CCC(OS(C)(=O)=O)CC1.[K+]. The van der Waals surface area contributed by atoms with E-state index < -0.39 is 21.3 Å². The Morgan fingerprint density at radius 3 is 1.38 bits per heavy atom. The normalized spacial score (nSPS) is 16.7. The van der Waals surface area contributed by atoms with Gasteiger partial charge in [-0.05, 0) is 74.1 Å². The van der Waals surface area contributed by atoms with Crippen LogP contribution in [-0.4, -0.2) is 95.6 Å². The van der Waals surface area contributed by atoms with Crippen LogP contribution in [0.4, 0.5) is 9.59 Å². The van der Waals surface area contributed by atoms with Gasteiger partial charge in [-0.25, -0.2) is 9.59 Å². The molecule has 2 fully saturated rings. The predicted octanol–water partition coefficient (Wildman–Crippen LogP) is 1.11. The Kier molecular flexibility index (Phi) is 20.3. The summed E-state index contributed by atoms with van der Waals surface area (Å²) in [6, 6.07) is 0. The minimum atomic E-state index is -3.42. The topological polar surface area (TPSA) is 137 Å². The third-order valence-electron chi connectivity index (χ3n) is 4.83. The van der Waals surface area contributed by atoms with Crippen LogP contribution in [0.5, 0.6) is 0 Å². The molecule has 2 heterocycles. The van der Waals surface area contributed by atoms with Crippen LogP contribution >= 0.6 is 11.8 Å². The van der Waals surface area contributed by atoms with Gasteiger partial charge in [0.1, 0.15) is 11.2 Å². The van der Waals surface area contributed by atoms with Crippen molar-refractivity contribution in [3.8, 4) is 0 Å². The molecule has 2 rings (SSSR count). The molecule has 228 valence electrons. The van der Waals surface area contributed by atoms with Crippen molar-refractivity contribution in [3.63, 3.8) is 0 Å². The fraction of sp³-hybridized carbons (Fsp3) is 0.840. The van der Waals surface area contributed by atoms with E-state index in [0.29, 0.717) is 44.3 Å². The Morgan fingerprint density at radius 1 is 0.775 bits per heavy atom. The van der Waals surface area contributed by atoms with Crippen molar-refractivity contribution >= 4 is 56.9 Å². The van der Waals surface area contributed by atoms with Crippen molar-refractivity contribution in [1.29, 1.82) is 0 Å². The third-order valence-corrected chi connectivity index (χ3v) is 6.59. The molecule has 0 bridgehead atoms. The first-order valence-corrected chi connectivity index (χ1v) is 15.9. The summed E-state index contributed by atoms with van der Waals surface area (Å²) in [5.74, 6) is 0. The van der Waals surface area contributed by atoms with Gasteiger partial charge in [-0.1, -0.05) is 11.8 Å². The first-order chi connectivity index (χ1) is 17.6. The number of hydrogen-bond donors (Lipinski definition) is 0. The van der Waals surface area contributed by atoms with Crippen LogP contribution in [0.3, 0.4) is 0 Å². The summed E-state index contributed by atoms with van der Waals surface area (Å²) in [6.07, 6.45) is 2.83. The molecule has 0 aliphatic carbocycles. The van der Waals surface area contributed by atoms with Crippen LogP contribution in [0.25, 0.3) is 0 Å². The van der Waals surface area contributed by atoms with Crippen LogP contribution in [-0.2, 0) is 46.0 Å². The first kappa shape index (κ1) is 42.1. The summed E-state index contributed by atoms with van der Waals surface area (Å²) < 4.78 is 37.4. The Bertz CT molecular complexity index is 915. The van der Waals surface area contributed by atoms with Gasteiger partial charge in [-0.15, -0.1) is 0 Å². The van der Waals surface area contributed by atoms with Crippen molar-refractivity contribution in [2.24, 2.45) is 0 Å². The number of thioether (sulfide) groups is 1. The van der Waals surface area contributed by atoms with Gasteiger partial charge >= 0.3 is 63.6 Å². The summed E-state index contributed by atoms with van der Waals surface area (Å²) in [5.41, 5.74) is -0.959. The quantitative estimate of drug-likeness (QED) is 0.246. The Morgan fingerprint density at radius 2 is 1.10 bits per heavy atom. The molecule has 2 saturated heterocycles. The van der Waals surface area contributed by atoms with Crippen LogP contribution in [0.1, 0.15) is 81.1 Å². The smallest absolute Gasteiger partial charge is 0.742 e. The number of ether oxygens (including phenoxy) is 2. The minimum Gasteiger partial charge on any atom is -0.742 e. The van der Waals surface area contributed by atoms with E-state index in [1.807, 2.05) is 41.5 Å². The van der Waals surface area contributed by atoms with E-state index in [9.17, 15) is 27.6 Å². The number of rotatable bonds is 3. The standard InChI is InChI=1S/C12H21NO3S.C11H21NO5S.C2H4OS.K/c1-9(14)17-10-5-7-13(8-6-10)11(15)16-12(2,3)4;1-11(2,3)16-10(13)12-7-5-9(6-8-12)17-18(4,14)15;1-2(3)4;/h10H,5-8H2,1-4H3;9H,5-8H2,1-4H3;1H3,(H,3,4);/q;;;+1/p-1. The van der Waals surface area contributed by atoms with Crippen molar-refractivity contribution in [1.82, 2.24) is 9.80 Å². The average molecular weight is 653 g/mol. The summed E-state index contributed by atoms with van der Waals surface area (Å²) in [7, 11) is -3.42. The molecule has 0 radical (unpaired) electrons. The maximum atomic E-state index is 11.8. The number of likely N-dealkylation sites (tertiary alicyclic amines) is 2. The van der Waals surface area contributed by atoms with Crippen LogP contribution in [0.2, 0.25) is 0 Å². The number of carbonyl (C=O) groups is 4. The van der Waals surface area contributed by atoms with Crippen LogP contribution < -0.4 is 51.4 Å². The number of amides is 2. The first-order valence-electron chi connectivity index (χ1n) is 12.8. The predicted molar refractivity (Wildman–Crippen MR) is 154 cm³/mol. The molecule has 11 nitrogen and oxygen atoms in total. The van der Waals surface area contributed by atoms with Gasteiger partial charge in [-0.2, -0.15) is 8.42 Å². The zero-order valence-electron chi connectivity index (χ0n) is 25.6. The molecule has 40 heavy (non-hydrogen) atoms. The number of piperidine rings is 2. The van der Waals surface area contributed by atoms with E-state index >= 15 is 0 Å². The largest absolute Gasteiger partial charge is 1.00 e. The monoisotopic (exact) mass is 652 g/mol. The second kappa shape index (κ2) is 19.3. The number of hydrogen-bond acceptors (Lipinski definition) is 11. The molecule has 0 N–H and O–H groups in total.